The zero-order valence-corrected chi connectivity index (χ0v) is 14.3. The number of hydrogen-bond donors (Lipinski definition) is 2. The summed E-state index contributed by atoms with van der Waals surface area (Å²) in [5, 5.41) is 18.5. The van der Waals surface area contributed by atoms with Crippen LogP contribution in [-0.2, 0) is 11.2 Å². The van der Waals surface area contributed by atoms with Crippen molar-refractivity contribution in [3.8, 4) is 5.75 Å². The highest BCUT2D eigenvalue weighted by Gasteiger charge is 2.19. The van der Waals surface area contributed by atoms with Crippen LogP contribution < -0.4 is 10.2 Å². The third kappa shape index (κ3) is 4.37. The zero-order chi connectivity index (χ0) is 18.4. The maximum atomic E-state index is 12.5. The first-order valence-electron chi connectivity index (χ1n) is 8.20. The first-order valence-corrected chi connectivity index (χ1v) is 8.20. The summed E-state index contributed by atoms with van der Waals surface area (Å²) in [6.45, 7) is 3.20. The second-order valence-corrected chi connectivity index (χ2v) is 5.52. The van der Waals surface area contributed by atoms with E-state index in [9.17, 15) is 14.7 Å². The number of hydrogen-bond acceptors (Lipinski definition) is 7. The summed E-state index contributed by atoms with van der Waals surface area (Å²) in [6, 6.07) is 4.45. The predicted octanol–water partition coefficient (Wildman–Crippen LogP) is 1.65. The van der Waals surface area contributed by atoms with Crippen molar-refractivity contribution in [2.45, 2.75) is 32.8 Å². The normalized spacial score (nSPS) is 12.2. The van der Waals surface area contributed by atoms with Gasteiger partial charge >= 0.3 is 5.97 Å². The zero-order valence-electron chi connectivity index (χ0n) is 14.3. The van der Waals surface area contributed by atoms with Crippen LogP contribution in [0.4, 0.5) is 0 Å². The van der Waals surface area contributed by atoms with Gasteiger partial charge in [-0.3, -0.25) is 4.79 Å². The largest absolute Gasteiger partial charge is 0.490 e. The van der Waals surface area contributed by atoms with Crippen molar-refractivity contribution in [3.63, 3.8) is 0 Å². The number of benzene rings is 1. The molecule has 0 spiro atoms. The molecule has 1 atom stereocenters. The van der Waals surface area contributed by atoms with E-state index in [1.54, 1.807) is 19.1 Å². The van der Waals surface area contributed by atoms with E-state index in [1.807, 2.05) is 6.92 Å². The molecule has 0 fully saturated rings. The first kappa shape index (κ1) is 19.0. The molecule has 25 heavy (non-hydrogen) atoms. The molecule has 1 unspecified atom stereocenters. The van der Waals surface area contributed by atoms with Gasteiger partial charge in [-0.1, -0.05) is 19.4 Å². The van der Waals surface area contributed by atoms with Crippen LogP contribution in [0.1, 0.15) is 36.4 Å². The van der Waals surface area contributed by atoms with E-state index >= 15 is 0 Å². The molecule has 0 saturated heterocycles. The molecule has 0 aliphatic carbocycles. The van der Waals surface area contributed by atoms with Gasteiger partial charge in [-0.15, -0.1) is 0 Å². The minimum Gasteiger partial charge on any atom is -0.490 e. The number of aliphatic hydroxyl groups is 2. The quantitative estimate of drug-likeness (QED) is 0.697. The molecule has 0 radical (unpaired) electrons. The average molecular weight is 350 g/mol. The summed E-state index contributed by atoms with van der Waals surface area (Å²) in [6.07, 6.45) is 0.424. The number of ether oxygens (including phenoxy) is 2. The Hall–Kier alpha value is -2.38. The van der Waals surface area contributed by atoms with Gasteiger partial charge in [-0.25, -0.2) is 4.79 Å². The van der Waals surface area contributed by atoms with Gasteiger partial charge in [0.15, 0.2) is 5.43 Å². The smallest absolute Gasteiger partial charge is 0.374 e. The Labute approximate surface area is 144 Å². The van der Waals surface area contributed by atoms with E-state index in [0.29, 0.717) is 6.42 Å². The summed E-state index contributed by atoms with van der Waals surface area (Å²) in [5.41, 5.74) is 0.611. The van der Waals surface area contributed by atoms with Crippen LogP contribution in [0.15, 0.2) is 27.4 Å². The number of rotatable bonds is 8. The fourth-order valence-electron chi connectivity index (χ4n) is 2.42. The van der Waals surface area contributed by atoms with Crippen LogP contribution in [0, 0.1) is 0 Å². The fourth-order valence-corrected chi connectivity index (χ4v) is 2.42. The molecule has 2 aromatic rings. The Kier molecular flexibility index (Phi) is 6.55. The molecular formula is C18H22O7. The van der Waals surface area contributed by atoms with Crippen molar-refractivity contribution in [2.75, 3.05) is 19.8 Å². The molecule has 2 rings (SSSR count). The van der Waals surface area contributed by atoms with E-state index in [1.165, 1.54) is 0 Å². The van der Waals surface area contributed by atoms with E-state index in [2.05, 4.69) is 0 Å². The first-order chi connectivity index (χ1) is 12.0. The molecule has 7 heteroatoms. The van der Waals surface area contributed by atoms with Crippen LogP contribution in [0.5, 0.6) is 5.75 Å². The average Bonchev–Trinajstić information content (AvgIpc) is 2.60. The molecule has 7 nitrogen and oxygen atoms in total. The van der Waals surface area contributed by atoms with Crippen LogP contribution in [0.3, 0.4) is 0 Å². The predicted molar refractivity (Wildman–Crippen MR) is 91.0 cm³/mol. The van der Waals surface area contributed by atoms with Gasteiger partial charge in [0.05, 0.1) is 13.2 Å². The molecule has 0 aliphatic rings. The standard InChI is InChI=1S/C18H22O7/c1-3-5-11-6-7-14(24-10-12(20)9-19)16-13(21)8-15(25-17(11)16)18(22)23-4-2/h6-8,12,19-20H,3-5,9-10H2,1-2H3. The summed E-state index contributed by atoms with van der Waals surface area (Å²) in [4.78, 5) is 24.4. The second-order valence-electron chi connectivity index (χ2n) is 5.52. The number of aryl methyl sites for hydroxylation is 1. The fraction of sp³-hybridized carbons (Fsp3) is 0.444. The Morgan fingerprint density at radius 1 is 1.32 bits per heavy atom. The van der Waals surface area contributed by atoms with Crippen molar-refractivity contribution < 1.29 is 28.9 Å². The third-order valence-corrected chi connectivity index (χ3v) is 3.56. The number of carbonyl (C=O) groups is 1. The Bertz CT molecular complexity index is 794. The minimum atomic E-state index is -1.06. The number of aliphatic hydroxyl groups excluding tert-OH is 2. The summed E-state index contributed by atoms with van der Waals surface area (Å²) >= 11 is 0. The lowest BCUT2D eigenvalue weighted by Crippen LogP contribution is -2.22. The van der Waals surface area contributed by atoms with Crippen LogP contribution >= 0.6 is 0 Å². The van der Waals surface area contributed by atoms with Gasteiger partial charge in [-0.2, -0.15) is 0 Å². The van der Waals surface area contributed by atoms with Gasteiger partial charge in [0.2, 0.25) is 5.76 Å². The van der Waals surface area contributed by atoms with E-state index in [0.717, 1.165) is 18.1 Å². The summed E-state index contributed by atoms with van der Waals surface area (Å²) < 4.78 is 16.0. The van der Waals surface area contributed by atoms with Crippen molar-refractivity contribution in [1.29, 1.82) is 0 Å². The highest BCUT2D eigenvalue weighted by Crippen LogP contribution is 2.28. The molecule has 1 aromatic carbocycles. The van der Waals surface area contributed by atoms with Gasteiger partial charge in [0.25, 0.3) is 0 Å². The van der Waals surface area contributed by atoms with Crippen molar-refractivity contribution in [1.82, 2.24) is 0 Å². The van der Waals surface area contributed by atoms with Crippen LogP contribution in [0.25, 0.3) is 11.0 Å². The van der Waals surface area contributed by atoms with Crippen molar-refractivity contribution in [3.05, 3.63) is 39.7 Å². The number of fused-ring (bicyclic) bond motifs is 1. The topological polar surface area (TPSA) is 106 Å². The van der Waals surface area contributed by atoms with Gasteiger partial charge in [0.1, 0.15) is 29.4 Å². The highest BCUT2D eigenvalue weighted by atomic mass is 16.5. The summed E-state index contributed by atoms with van der Waals surface area (Å²) in [7, 11) is 0. The second kappa shape index (κ2) is 8.64. The molecule has 1 heterocycles. The SMILES string of the molecule is CCCc1ccc(OCC(O)CO)c2c(=O)cc(C(=O)OCC)oc12. The highest BCUT2D eigenvalue weighted by molar-refractivity contribution is 5.91. The van der Waals surface area contributed by atoms with Crippen molar-refractivity contribution >= 4 is 16.9 Å². The Balaban J connectivity index is 2.57. The maximum absolute atomic E-state index is 12.5. The molecular weight excluding hydrogens is 328 g/mol. The third-order valence-electron chi connectivity index (χ3n) is 3.56. The van der Waals surface area contributed by atoms with Crippen LogP contribution in [0.2, 0.25) is 0 Å². The number of carbonyl (C=O) groups excluding carboxylic acids is 1. The molecule has 136 valence electrons. The van der Waals surface area contributed by atoms with Crippen LogP contribution in [-0.4, -0.2) is 42.1 Å². The number of esters is 1. The molecule has 0 bridgehead atoms. The molecule has 2 N–H and O–H groups in total. The molecule has 1 aromatic heterocycles. The maximum Gasteiger partial charge on any atom is 0.374 e. The Morgan fingerprint density at radius 3 is 2.72 bits per heavy atom. The lowest BCUT2D eigenvalue weighted by atomic mass is 10.1. The molecule has 0 amide bonds. The minimum absolute atomic E-state index is 0.163. The van der Waals surface area contributed by atoms with E-state index in [-0.39, 0.29) is 35.7 Å². The monoisotopic (exact) mass is 350 g/mol. The summed E-state index contributed by atoms with van der Waals surface area (Å²) in [5.74, 6) is -0.637. The molecule has 0 aliphatic heterocycles. The van der Waals surface area contributed by atoms with Gasteiger partial charge < -0.3 is 24.1 Å². The van der Waals surface area contributed by atoms with Crippen molar-refractivity contribution in [2.24, 2.45) is 0 Å². The Morgan fingerprint density at radius 2 is 2.08 bits per heavy atom. The lowest BCUT2D eigenvalue weighted by Gasteiger charge is -2.13. The van der Waals surface area contributed by atoms with Gasteiger partial charge in [0, 0.05) is 6.07 Å². The molecule has 0 saturated carbocycles. The lowest BCUT2D eigenvalue weighted by molar-refractivity contribution is 0.0490. The van der Waals surface area contributed by atoms with Gasteiger partial charge in [-0.05, 0) is 25.0 Å². The van der Waals surface area contributed by atoms with E-state index in [4.69, 9.17) is 19.0 Å². The van der Waals surface area contributed by atoms with E-state index < -0.39 is 24.1 Å².